The monoisotopic (exact) mass is 239 g/mol. The molecule has 0 bridgehead atoms. The highest BCUT2D eigenvalue weighted by molar-refractivity contribution is 7.15. The second-order valence-electron chi connectivity index (χ2n) is 3.59. The van der Waals surface area contributed by atoms with E-state index < -0.39 is 0 Å². The van der Waals surface area contributed by atoms with Crippen molar-refractivity contribution in [2.45, 2.75) is 19.5 Å². The summed E-state index contributed by atoms with van der Waals surface area (Å²) in [6, 6.07) is 0.0506. The van der Waals surface area contributed by atoms with Gasteiger partial charge in [-0.05, 0) is 6.92 Å². The minimum Gasteiger partial charge on any atom is -0.480 e. The first-order valence-electron chi connectivity index (χ1n) is 4.99. The van der Waals surface area contributed by atoms with Gasteiger partial charge < -0.3 is 9.64 Å². The van der Waals surface area contributed by atoms with Gasteiger partial charge in [0.15, 0.2) is 5.13 Å². The maximum atomic E-state index is 5.30. The van der Waals surface area contributed by atoms with Crippen molar-refractivity contribution in [3.8, 4) is 18.2 Å². The van der Waals surface area contributed by atoms with Crippen LogP contribution >= 0.6 is 11.3 Å². The molecule has 1 atom stereocenters. The molecule has 1 heterocycles. The van der Waals surface area contributed by atoms with Gasteiger partial charge in [-0.1, -0.05) is 17.3 Å². The molecule has 1 unspecified atom stereocenters. The Labute approximate surface area is 101 Å². The Morgan fingerprint density at radius 1 is 1.62 bits per heavy atom. The molecule has 1 N–H and O–H groups in total. The number of hydrogen-bond acceptors (Lipinski definition) is 5. The van der Waals surface area contributed by atoms with E-state index in [4.69, 9.17) is 11.2 Å². The standard InChI is InChI=1S/C11H17N3OS/c1-6-8(2)12-7-9-10(15-5)13-11(16-9)14(3)4/h1,8,12H,7H2,2-5H3. The highest BCUT2D eigenvalue weighted by Gasteiger charge is 2.13. The van der Waals surface area contributed by atoms with Crippen molar-refractivity contribution in [3.63, 3.8) is 0 Å². The van der Waals surface area contributed by atoms with Gasteiger partial charge in [-0.3, -0.25) is 5.32 Å². The molecule has 88 valence electrons. The fraction of sp³-hybridized carbons (Fsp3) is 0.545. The van der Waals surface area contributed by atoms with Crippen LogP contribution in [0.4, 0.5) is 5.13 Å². The summed E-state index contributed by atoms with van der Waals surface area (Å²) in [5.74, 6) is 3.30. The summed E-state index contributed by atoms with van der Waals surface area (Å²) in [7, 11) is 5.54. The predicted octanol–water partition coefficient (Wildman–Crippen LogP) is 1.33. The van der Waals surface area contributed by atoms with E-state index in [9.17, 15) is 0 Å². The third-order valence-corrected chi connectivity index (χ3v) is 3.25. The smallest absolute Gasteiger partial charge is 0.230 e. The van der Waals surface area contributed by atoms with Crippen molar-refractivity contribution in [2.75, 3.05) is 26.1 Å². The molecule has 4 nitrogen and oxygen atoms in total. The average Bonchev–Trinajstić information content (AvgIpc) is 2.69. The van der Waals surface area contributed by atoms with Crippen LogP contribution in [0.25, 0.3) is 0 Å². The number of thiazole rings is 1. The Balaban J connectivity index is 2.75. The Kier molecular flexibility index (Phi) is 4.59. The molecule has 0 amide bonds. The first-order valence-corrected chi connectivity index (χ1v) is 5.80. The molecular formula is C11H17N3OS. The topological polar surface area (TPSA) is 37.4 Å². The Bertz CT molecular complexity index is 381. The van der Waals surface area contributed by atoms with E-state index in [-0.39, 0.29) is 6.04 Å². The van der Waals surface area contributed by atoms with Crippen LogP contribution in [-0.2, 0) is 6.54 Å². The zero-order valence-corrected chi connectivity index (χ0v) is 10.9. The van der Waals surface area contributed by atoms with Crippen LogP contribution in [0.2, 0.25) is 0 Å². The summed E-state index contributed by atoms with van der Waals surface area (Å²) in [6.45, 7) is 2.63. The van der Waals surface area contributed by atoms with Crippen molar-refractivity contribution in [1.82, 2.24) is 10.3 Å². The van der Waals surface area contributed by atoms with Crippen molar-refractivity contribution < 1.29 is 4.74 Å². The molecular weight excluding hydrogens is 222 g/mol. The molecule has 0 aromatic carbocycles. The van der Waals surface area contributed by atoms with Crippen LogP contribution in [0.15, 0.2) is 0 Å². The minimum absolute atomic E-state index is 0.0506. The third-order valence-electron chi connectivity index (χ3n) is 2.04. The molecule has 1 aromatic rings. The lowest BCUT2D eigenvalue weighted by molar-refractivity contribution is 0.394. The lowest BCUT2D eigenvalue weighted by Gasteiger charge is -2.06. The zero-order chi connectivity index (χ0) is 12.1. The lowest BCUT2D eigenvalue weighted by atomic mass is 10.3. The molecule has 5 heteroatoms. The Morgan fingerprint density at radius 2 is 2.31 bits per heavy atom. The summed E-state index contributed by atoms with van der Waals surface area (Å²) in [4.78, 5) is 7.39. The highest BCUT2D eigenvalue weighted by atomic mass is 32.1. The summed E-state index contributed by atoms with van der Waals surface area (Å²) < 4.78 is 5.22. The summed E-state index contributed by atoms with van der Waals surface area (Å²) in [5.41, 5.74) is 0. The molecule has 0 spiro atoms. The van der Waals surface area contributed by atoms with Gasteiger partial charge in [0.1, 0.15) is 0 Å². The highest BCUT2D eigenvalue weighted by Crippen LogP contribution is 2.30. The van der Waals surface area contributed by atoms with E-state index in [1.807, 2.05) is 25.9 Å². The molecule has 1 aromatic heterocycles. The summed E-state index contributed by atoms with van der Waals surface area (Å²) in [5, 5.41) is 4.14. The number of nitrogens with one attached hydrogen (secondary N) is 1. The van der Waals surface area contributed by atoms with Crippen molar-refractivity contribution in [1.29, 1.82) is 0 Å². The number of aromatic nitrogens is 1. The molecule has 0 aliphatic heterocycles. The molecule has 0 aliphatic rings. The van der Waals surface area contributed by atoms with Crippen LogP contribution < -0.4 is 15.0 Å². The molecule has 0 radical (unpaired) electrons. The van der Waals surface area contributed by atoms with E-state index in [0.717, 1.165) is 10.0 Å². The van der Waals surface area contributed by atoms with E-state index >= 15 is 0 Å². The fourth-order valence-electron chi connectivity index (χ4n) is 1.09. The van der Waals surface area contributed by atoms with Gasteiger partial charge in [0.05, 0.1) is 18.0 Å². The van der Waals surface area contributed by atoms with E-state index in [2.05, 4.69) is 16.2 Å². The third kappa shape index (κ3) is 3.12. The summed E-state index contributed by atoms with van der Waals surface area (Å²) >= 11 is 1.60. The first kappa shape index (κ1) is 12.8. The van der Waals surface area contributed by atoms with Crippen molar-refractivity contribution in [2.24, 2.45) is 0 Å². The van der Waals surface area contributed by atoms with Gasteiger partial charge in [0.2, 0.25) is 5.88 Å². The first-order chi connectivity index (χ1) is 7.58. The number of anilines is 1. The van der Waals surface area contributed by atoms with E-state index in [0.29, 0.717) is 12.4 Å². The maximum Gasteiger partial charge on any atom is 0.230 e. The summed E-state index contributed by atoms with van der Waals surface area (Å²) in [6.07, 6.45) is 5.30. The Hall–Kier alpha value is -1.25. The number of ether oxygens (including phenoxy) is 1. The second kappa shape index (κ2) is 5.73. The molecule has 0 saturated heterocycles. The maximum absolute atomic E-state index is 5.30. The molecule has 1 rings (SSSR count). The number of nitrogens with zero attached hydrogens (tertiary/aromatic N) is 2. The second-order valence-corrected chi connectivity index (χ2v) is 4.65. The normalized spacial score (nSPS) is 11.9. The number of rotatable bonds is 5. The van der Waals surface area contributed by atoms with Crippen LogP contribution in [0.1, 0.15) is 11.8 Å². The number of hydrogen-bond donors (Lipinski definition) is 1. The number of methoxy groups -OCH3 is 1. The SMILES string of the molecule is C#CC(C)NCc1sc(N(C)C)nc1OC. The zero-order valence-electron chi connectivity index (χ0n) is 10.1. The van der Waals surface area contributed by atoms with Crippen molar-refractivity contribution >= 4 is 16.5 Å². The van der Waals surface area contributed by atoms with Crippen LogP contribution in [0, 0.1) is 12.3 Å². The van der Waals surface area contributed by atoms with Gasteiger partial charge in [-0.25, -0.2) is 0 Å². The quantitative estimate of drug-likeness (QED) is 0.787. The van der Waals surface area contributed by atoms with Gasteiger partial charge in [0.25, 0.3) is 0 Å². The largest absolute Gasteiger partial charge is 0.480 e. The van der Waals surface area contributed by atoms with Gasteiger partial charge in [0, 0.05) is 20.6 Å². The molecule has 0 fully saturated rings. The fourth-order valence-corrected chi connectivity index (χ4v) is 2.00. The Morgan fingerprint density at radius 3 is 2.81 bits per heavy atom. The van der Waals surface area contributed by atoms with Crippen LogP contribution in [0.5, 0.6) is 5.88 Å². The average molecular weight is 239 g/mol. The van der Waals surface area contributed by atoms with Crippen LogP contribution in [-0.4, -0.2) is 32.2 Å². The molecule has 0 aliphatic carbocycles. The van der Waals surface area contributed by atoms with E-state index in [1.165, 1.54) is 0 Å². The predicted molar refractivity (Wildman–Crippen MR) is 68.1 cm³/mol. The van der Waals surface area contributed by atoms with Crippen molar-refractivity contribution in [3.05, 3.63) is 4.88 Å². The molecule has 0 saturated carbocycles. The molecule has 16 heavy (non-hydrogen) atoms. The van der Waals surface area contributed by atoms with Crippen LogP contribution in [0.3, 0.4) is 0 Å². The van der Waals surface area contributed by atoms with Gasteiger partial charge in [-0.15, -0.1) is 6.42 Å². The van der Waals surface area contributed by atoms with Gasteiger partial charge in [-0.2, -0.15) is 4.98 Å². The van der Waals surface area contributed by atoms with Gasteiger partial charge >= 0.3 is 0 Å². The lowest BCUT2D eigenvalue weighted by Crippen LogP contribution is -2.23. The number of terminal acetylenes is 1. The van der Waals surface area contributed by atoms with E-state index in [1.54, 1.807) is 18.4 Å². The minimum atomic E-state index is 0.0506.